The lowest BCUT2D eigenvalue weighted by Crippen LogP contribution is -2.35. The van der Waals surface area contributed by atoms with E-state index in [0.29, 0.717) is 12.2 Å². The van der Waals surface area contributed by atoms with Crippen LogP contribution in [0.3, 0.4) is 0 Å². The Morgan fingerprint density at radius 2 is 2.32 bits per heavy atom. The summed E-state index contributed by atoms with van der Waals surface area (Å²) in [4.78, 5) is 16.7. The molecule has 6 heteroatoms. The number of ether oxygens (including phenoxy) is 1. The minimum absolute atomic E-state index is 0.146. The van der Waals surface area contributed by atoms with Crippen LogP contribution in [0.4, 0.5) is 14.9 Å². The number of benzene rings is 1. The van der Waals surface area contributed by atoms with Crippen LogP contribution in [-0.2, 0) is 9.57 Å². The Kier molecular flexibility index (Phi) is 4.70. The fraction of sp³-hybridized carbons (Fsp3) is 0.462. The minimum Gasteiger partial charge on any atom is -0.350 e. The molecule has 1 heterocycles. The molecule has 1 saturated heterocycles. The molecule has 1 aromatic carbocycles. The van der Waals surface area contributed by atoms with Gasteiger partial charge >= 0.3 is 6.03 Å². The van der Waals surface area contributed by atoms with Crippen molar-refractivity contribution in [3.63, 3.8) is 0 Å². The monoisotopic (exact) mass is 268 g/mol. The van der Waals surface area contributed by atoms with Gasteiger partial charge in [0, 0.05) is 13.0 Å². The first kappa shape index (κ1) is 13.8. The van der Waals surface area contributed by atoms with Crippen molar-refractivity contribution in [1.29, 1.82) is 0 Å². The third-order valence-corrected chi connectivity index (χ3v) is 2.88. The van der Waals surface area contributed by atoms with E-state index in [1.165, 1.54) is 6.07 Å². The molecule has 1 aliphatic heterocycles. The highest BCUT2D eigenvalue weighted by Crippen LogP contribution is 2.18. The molecule has 104 valence electrons. The van der Waals surface area contributed by atoms with Crippen molar-refractivity contribution in [2.24, 2.45) is 0 Å². The number of aryl methyl sites for hydroxylation is 1. The standard InChI is InChI=1S/C13H17FN2O3/c1-9-5-4-6-10(14)12(9)15-13(17)16-19-11-7-2-3-8-18-11/h4-6,11H,2-3,7-8H2,1H3,(H2,15,16,17)/t11-/m1/s1. The highest BCUT2D eigenvalue weighted by molar-refractivity contribution is 5.89. The van der Waals surface area contributed by atoms with Crippen molar-refractivity contribution >= 4 is 11.7 Å². The number of carbonyl (C=O) groups excluding carboxylic acids is 1. The van der Waals surface area contributed by atoms with E-state index >= 15 is 0 Å². The summed E-state index contributed by atoms with van der Waals surface area (Å²) in [5, 5.41) is 2.41. The van der Waals surface area contributed by atoms with Crippen molar-refractivity contribution in [1.82, 2.24) is 5.48 Å². The Labute approximate surface area is 111 Å². The van der Waals surface area contributed by atoms with Gasteiger partial charge in [-0.2, -0.15) is 0 Å². The van der Waals surface area contributed by atoms with E-state index in [2.05, 4.69) is 10.8 Å². The molecule has 0 saturated carbocycles. The number of carbonyl (C=O) groups is 1. The van der Waals surface area contributed by atoms with Gasteiger partial charge in [0.2, 0.25) is 0 Å². The fourth-order valence-corrected chi connectivity index (χ4v) is 1.85. The lowest BCUT2D eigenvalue weighted by molar-refractivity contribution is -0.185. The first-order valence-corrected chi connectivity index (χ1v) is 6.26. The van der Waals surface area contributed by atoms with Crippen LogP contribution in [0.1, 0.15) is 24.8 Å². The average Bonchev–Trinajstić information content (AvgIpc) is 2.42. The van der Waals surface area contributed by atoms with Gasteiger partial charge in [0.25, 0.3) is 0 Å². The van der Waals surface area contributed by atoms with E-state index in [1.54, 1.807) is 19.1 Å². The summed E-state index contributed by atoms with van der Waals surface area (Å²) in [6.07, 6.45) is 2.31. The summed E-state index contributed by atoms with van der Waals surface area (Å²) in [5.74, 6) is -0.482. The number of hydroxylamine groups is 1. The lowest BCUT2D eigenvalue weighted by atomic mass is 10.2. The Balaban J connectivity index is 1.83. The Morgan fingerprint density at radius 3 is 3.00 bits per heavy atom. The highest BCUT2D eigenvalue weighted by Gasteiger charge is 2.16. The molecule has 1 fully saturated rings. The summed E-state index contributed by atoms with van der Waals surface area (Å²) in [5.41, 5.74) is 3.00. The lowest BCUT2D eigenvalue weighted by Gasteiger charge is -2.22. The second-order valence-corrected chi connectivity index (χ2v) is 4.40. The number of rotatable bonds is 3. The zero-order valence-electron chi connectivity index (χ0n) is 10.7. The van der Waals surface area contributed by atoms with Gasteiger partial charge in [-0.25, -0.2) is 19.5 Å². The number of amides is 2. The maximum atomic E-state index is 13.5. The van der Waals surface area contributed by atoms with Gasteiger partial charge in [-0.1, -0.05) is 12.1 Å². The van der Waals surface area contributed by atoms with Crippen LogP contribution in [0.25, 0.3) is 0 Å². The van der Waals surface area contributed by atoms with Crippen LogP contribution in [0.15, 0.2) is 18.2 Å². The molecule has 5 nitrogen and oxygen atoms in total. The molecule has 1 aliphatic rings. The summed E-state index contributed by atoms with van der Waals surface area (Å²) in [6.45, 7) is 2.34. The quantitative estimate of drug-likeness (QED) is 0.829. The molecule has 2 N–H and O–H groups in total. The second kappa shape index (κ2) is 6.49. The third kappa shape index (κ3) is 3.90. The summed E-state index contributed by atoms with van der Waals surface area (Å²) in [7, 11) is 0. The van der Waals surface area contributed by atoms with Crippen molar-refractivity contribution in [2.45, 2.75) is 32.5 Å². The molecule has 2 rings (SSSR count). The van der Waals surface area contributed by atoms with Crippen molar-refractivity contribution in [3.05, 3.63) is 29.6 Å². The van der Waals surface area contributed by atoms with Crippen molar-refractivity contribution in [3.8, 4) is 0 Å². The Hall–Kier alpha value is -1.66. The molecule has 0 bridgehead atoms. The van der Waals surface area contributed by atoms with E-state index < -0.39 is 18.1 Å². The first-order valence-electron chi connectivity index (χ1n) is 6.26. The number of urea groups is 1. The van der Waals surface area contributed by atoms with Gasteiger partial charge < -0.3 is 10.1 Å². The van der Waals surface area contributed by atoms with E-state index in [0.717, 1.165) is 19.3 Å². The topological polar surface area (TPSA) is 59.6 Å². The molecule has 0 unspecified atom stereocenters. The number of hydrogen-bond donors (Lipinski definition) is 2. The van der Waals surface area contributed by atoms with E-state index in [1.807, 2.05) is 0 Å². The van der Waals surface area contributed by atoms with Crippen LogP contribution < -0.4 is 10.8 Å². The number of halogens is 1. The Bertz CT molecular complexity index is 427. The molecule has 0 aromatic heterocycles. The molecular weight excluding hydrogens is 251 g/mol. The molecule has 0 spiro atoms. The number of anilines is 1. The van der Waals surface area contributed by atoms with Crippen LogP contribution in [0.5, 0.6) is 0 Å². The van der Waals surface area contributed by atoms with Gasteiger partial charge in [-0.3, -0.25) is 0 Å². The van der Waals surface area contributed by atoms with Crippen LogP contribution >= 0.6 is 0 Å². The van der Waals surface area contributed by atoms with Gasteiger partial charge in [0.1, 0.15) is 5.82 Å². The average molecular weight is 268 g/mol. The van der Waals surface area contributed by atoms with Crippen LogP contribution in [0, 0.1) is 12.7 Å². The van der Waals surface area contributed by atoms with E-state index in [-0.39, 0.29) is 5.69 Å². The Morgan fingerprint density at radius 1 is 1.47 bits per heavy atom. The minimum atomic E-state index is -0.623. The van der Waals surface area contributed by atoms with Gasteiger partial charge in [0.15, 0.2) is 6.29 Å². The van der Waals surface area contributed by atoms with Gasteiger partial charge in [-0.15, -0.1) is 0 Å². The maximum Gasteiger partial charge on any atom is 0.343 e. The maximum absolute atomic E-state index is 13.5. The van der Waals surface area contributed by atoms with Crippen LogP contribution in [0.2, 0.25) is 0 Å². The zero-order valence-corrected chi connectivity index (χ0v) is 10.7. The molecule has 0 radical (unpaired) electrons. The largest absolute Gasteiger partial charge is 0.350 e. The number of nitrogens with one attached hydrogen (secondary N) is 2. The summed E-state index contributed by atoms with van der Waals surface area (Å²) >= 11 is 0. The predicted octanol–water partition coefficient (Wildman–Crippen LogP) is 2.71. The molecule has 2 amide bonds. The van der Waals surface area contributed by atoms with Crippen molar-refractivity contribution in [2.75, 3.05) is 11.9 Å². The molecule has 0 aliphatic carbocycles. The smallest absolute Gasteiger partial charge is 0.343 e. The van der Waals surface area contributed by atoms with Crippen LogP contribution in [-0.4, -0.2) is 18.9 Å². The van der Waals surface area contributed by atoms with Gasteiger partial charge in [-0.05, 0) is 31.4 Å². The second-order valence-electron chi connectivity index (χ2n) is 4.40. The summed E-state index contributed by atoms with van der Waals surface area (Å²) in [6, 6.07) is 3.96. The number of para-hydroxylation sites is 1. The SMILES string of the molecule is Cc1cccc(F)c1NC(=O)NO[C@@H]1CCCCO1. The molecule has 1 atom stereocenters. The number of hydrogen-bond acceptors (Lipinski definition) is 3. The van der Waals surface area contributed by atoms with Crippen molar-refractivity contribution < 1.29 is 18.8 Å². The van der Waals surface area contributed by atoms with E-state index in [4.69, 9.17) is 9.57 Å². The fourth-order valence-electron chi connectivity index (χ4n) is 1.85. The summed E-state index contributed by atoms with van der Waals surface area (Å²) < 4.78 is 18.8. The molecule has 19 heavy (non-hydrogen) atoms. The zero-order chi connectivity index (χ0) is 13.7. The normalized spacial score (nSPS) is 18.9. The molecule has 1 aromatic rings. The third-order valence-electron chi connectivity index (χ3n) is 2.88. The molecular formula is C13H17FN2O3. The van der Waals surface area contributed by atoms with Gasteiger partial charge in [0.05, 0.1) is 5.69 Å². The van der Waals surface area contributed by atoms with E-state index in [9.17, 15) is 9.18 Å². The predicted molar refractivity (Wildman–Crippen MR) is 68.0 cm³/mol. The highest BCUT2D eigenvalue weighted by atomic mass is 19.1. The first-order chi connectivity index (χ1) is 9.16.